The molecule has 25 heavy (non-hydrogen) atoms. The van der Waals surface area contributed by atoms with Gasteiger partial charge in [-0.2, -0.15) is 4.31 Å². The molecule has 1 aliphatic rings. The van der Waals surface area contributed by atoms with E-state index in [2.05, 4.69) is 5.32 Å². The molecule has 0 saturated heterocycles. The molecule has 0 spiro atoms. The molecular weight excluding hydrogens is 351 g/mol. The number of hydrogen-bond acceptors (Lipinski definition) is 5. The third-order valence-electron chi connectivity index (χ3n) is 3.78. The highest BCUT2D eigenvalue weighted by molar-refractivity contribution is 7.89. The molecule has 1 saturated carbocycles. The Morgan fingerprint density at radius 3 is 2.48 bits per heavy atom. The summed E-state index contributed by atoms with van der Waals surface area (Å²) < 4.78 is 44.8. The van der Waals surface area contributed by atoms with Crippen molar-refractivity contribution in [3.63, 3.8) is 0 Å². The molecule has 9 heteroatoms. The molecule has 2 rings (SSSR count). The highest BCUT2D eigenvalue weighted by Gasteiger charge is 2.26. The summed E-state index contributed by atoms with van der Waals surface area (Å²) in [5.41, 5.74) is -0.521. The highest BCUT2D eigenvalue weighted by atomic mass is 32.2. The number of amides is 1. The predicted molar refractivity (Wildman–Crippen MR) is 88.0 cm³/mol. The lowest BCUT2D eigenvalue weighted by molar-refractivity contribution is -0.124. The van der Waals surface area contributed by atoms with Crippen molar-refractivity contribution in [1.82, 2.24) is 9.62 Å². The molecule has 1 aromatic carbocycles. The quantitative estimate of drug-likeness (QED) is 0.694. The second-order valence-corrected chi connectivity index (χ2v) is 7.59. The average molecular weight is 372 g/mol. The molecule has 0 bridgehead atoms. The molecule has 0 radical (unpaired) electrons. The van der Waals surface area contributed by atoms with Crippen molar-refractivity contribution >= 4 is 21.9 Å². The minimum atomic E-state index is -3.83. The van der Waals surface area contributed by atoms with Crippen LogP contribution in [0.25, 0.3) is 0 Å². The van der Waals surface area contributed by atoms with Crippen molar-refractivity contribution in [2.24, 2.45) is 0 Å². The summed E-state index contributed by atoms with van der Waals surface area (Å²) in [5, 5.41) is 2.63. The summed E-state index contributed by atoms with van der Waals surface area (Å²) in [7, 11) is -3.83. The van der Waals surface area contributed by atoms with Gasteiger partial charge in [0.1, 0.15) is 5.82 Å². The summed E-state index contributed by atoms with van der Waals surface area (Å²) in [4.78, 5) is 23.3. The van der Waals surface area contributed by atoms with E-state index in [0.717, 1.165) is 31.0 Å². The zero-order valence-electron chi connectivity index (χ0n) is 14.1. The van der Waals surface area contributed by atoms with Crippen LogP contribution in [0.15, 0.2) is 23.1 Å². The van der Waals surface area contributed by atoms with E-state index >= 15 is 0 Å². The molecule has 1 N–H and O–H groups in total. The van der Waals surface area contributed by atoms with Gasteiger partial charge in [-0.3, -0.25) is 4.79 Å². The van der Waals surface area contributed by atoms with Crippen LogP contribution in [0, 0.1) is 5.82 Å². The third kappa shape index (κ3) is 4.76. The predicted octanol–water partition coefficient (Wildman–Crippen LogP) is 1.29. The van der Waals surface area contributed by atoms with Crippen LogP contribution in [0.3, 0.4) is 0 Å². The standard InChI is InChI=1S/C16H21FN2O5S/c1-3-19(4-2)25(22,23)12-7-8-14(17)13(9-12)16(21)24-10-15(20)18-11-5-6-11/h7-9,11H,3-6,10H2,1-2H3,(H,18,20). The van der Waals surface area contributed by atoms with E-state index < -0.39 is 39.9 Å². The Hall–Kier alpha value is -2.00. The van der Waals surface area contributed by atoms with Gasteiger partial charge in [-0.1, -0.05) is 13.8 Å². The molecule has 0 unspecified atom stereocenters. The van der Waals surface area contributed by atoms with Crippen LogP contribution >= 0.6 is 0 Å². The van der Waals surface area contributed by atoms with Crippen molar-refractivity contribution in [3.05, 3.63) is 29.6 Å². The smallest absolute Gasteiger partial charge is 0.341 e. The molecule has 0 aromatic heterocycles. The number of hydrogen-bond donors (Lipinski definition) is 1. The molecule has 7 nitrogen and oxygen atoms in total. The molecule has 1 aliphatic carbocycles. The second-order valence-electron chi connectivity index (χ2n) is 5.65. The maximum atomic E-state index is 13.9. The fraction of sp³-hybridized carbons (Fsp3) is 0.500. The normalized spacial score (nSPS) is 14.4. The van der Waals surface area contributed by atoms with Crippen LogP contribution in [0.5, 0.6) is 0 Å². The number of nitrogens with one attached hydrogen (secondary N) is 1. The first-order chi connectivity index (χ1) is 11.8. The van der Waals surface area contributed by atoms with Crippen LogP contribution < -0.4 is 5.32 Å². The number of esters is 1. The van der Waals surface area contributed by atoms with Crippen LogP contribution in [-0.2, 0) is 19.6 Å². The number of nitrogens with zero attached hydrogens (tertiary/aromatic N) is 1. The van der Waals surface area contributed by atoms with Gasteiger partial charge in [0.05, 0.1) is 10.5 Å². The number of carbonyl (C=O) groups is 2. The van der Waals surface area contributed by atoms with Gasteiger partial charge < -0.3 is 10.1 Å². The van der Waals surface area contributed by atoms with Crippen LogP contribution in [0.2, 0.25) is 0 Å². The van der Waals surface area contributed by atoms with Gasteiger partial charge in [0.15, 0.2) is 6.61 Å². The number of sulfonamides is 1. The fourth-order valence-corrected chi connectivity index (χ4v) is 3.72. The summed E-state index contributed by atoms with van der Waals surface area (Å²) in [6.07, 6.45) is 1.78. The highest BCUT2D eigenvalue weighted by Crippen LogP contribution is 2.20. The molecule has 0 atom stereocenters. The maximum absolute atomic E-state index is 13.9. The van der Waals surface area contributed by atoms with E-state index in [9.17, 15) is 22.4 Å². The molecule has 1 amide bonds. The second kappa shape index (κ2) is 7.92. The monoisotopic (exact) mass is 372 g/mol. The first kappa shape index (κ1) is 19.3. The first-order valence-corrected chi connectivity index (χ1v) is 9.49. The lowest BCUT2D eigenvalue weighted by atomic mass is 10.2. The van der Waals surface area contributed by atoms with Crippen LogP contribution in [-0.4, -0.2) is 50.3 Å². The Bertz CT molecular complexity index is 758. The molecule has 0 aliphatic heterocycles. The van der Waals surface area contributed by atoms with Gasteiger partial charge in [0, 0.05) is 19.1 Å². The largest absolute Gasteiger partial charge is 0.452 e. The topological polar surface area (TPSA) is 92.8 Å². The van der Waals surface area contributed by atoms with Crippen molar-refractivity contribution in [2.45, 2.75) is 37.6 Å². The zero-order valence-corrected chi connectivity index (χ0v) is 14.9. The Labute approximate surface area is 146 Å². The van der Waals surface area contributed by atoms with E-state index in [1.807, 2.05) is 0 Å². The van der Waals surface area contributed by atoms with Crippen LogP contribution in [0.1, 0.15) is 37.0 Å². The van der Waals surface area contributed by atoms with Crippen molar-refractivity contribution in [3.8, 4) is 0 Å². The van der Waals surface area contributed by atoms with Gasteiger partial charge in [-0.05, 0) is 31.0 Å². The number of ether oxygens (including phenoxy) is 1. The zero-order chi connectivity index (χ0) is 18.6. The molecule has 1 fully saturated rings. The molecule has 0 heterocycles. The Kier molecular flexibility index (Phi) is 6.12. The number of halogens is 1. The average Bonchev–Trinajstić information content (AvgIpc) is 3.37. The van der Waals surface area contributed by atoms with Crippen LogP contribution in [0.4, 0.5) is 4.39 Å². The molecule has 1 aromatic rings. The summed E-state index contributed by atoms with van der Waals surface area (Å²) in [6, 6.07) is 3.05. The molecule has 138 valence electrons. The van der Waals surface area contributed by atoms with E-state index in [1.54, 1.807) is 13.8 Å². The number of benzene rings is 1. The Morgan fingerprint density at radius 2 is 1.92 bits per heavy atom. The Balaban J connectivity index is 2.14. The van der Waals surface area contributed by atoms with E-state index in [-0.39, 0.29) is 24.0 Å². The van der Waals surface area contributed by atoms with Gasteiger partial charge in [-0.25, -0.2) is 17.6 Å². The van der Waals surface area contributed by atoms with E-state index in [4.69, 9.17) is 4.74 Å². The lowest BCUT2D eigenvalue weighted by Crippen LogP contribution is -2.31. The first-order valence-electron chi connectivity index (χ1n) is 8.05. The van der Waals surface area contributed by atoms with Crippen molar-refractivity contribution < 1.29 is 27.1 Å². The fourth-order valence-electron chi connectivity index (χ4n) is 2.24. The van der Waals surface area contributed by atoms with Gasteiger partial charge in [0.2, 0.25) is 10.0 Å². The van der Waals surface area contributed by atoms with Gasteiger partial charge in [0.25, 0.3) is 5.91 Å². The van der Waals surface area contributed by atoms with E-state index in [1.165, 1.54) is 4.31 Å². The number of rotatable bonds is 8. The maximum Gasteiger partial charge on any atom is 0.341 e. The summed E-state index contributed by atoms with van der Waals surface area (Å²) in [5.74, 6) is -2.46. The van der Waals surface area contributed by atoms with Crippen molar-refractivity contribution in [2.75, 3.05) is 19.7 Å². The molecular formula is C16H21FN2O5S. The van der Waals surface area contributed by atoms with Crippen molar-refractivity contribution in [1.29, 1.82) is 0 Å². The minimum Gasteiger partial charge on any atom is -0.452 e. The minimum absolute atomic E-state index is 0.116. The lowest BCUT2D eigenvalue weighted by Gasteiger charge is -2.18. The van der Waals surface area contributed by atoms with Gasteiger partial charge >= 0.3 is 5.97 Å². The summed E-state index contributed by atoms with van der Waals surface area (Å²) in [6.45, 7) is 3.31. The van der Waals surface area contributed by atoms with Gasteiger partial charge in [-0.15, -0.1) is 0 Å². The van der Waals surface area contributed by atoms with E-state index in [0.29, 0.717) is 0 Å². The third-order valence-corrected chi connectivity index (χ3v) is 5.82. The number of carbonyl (C=O) groups excluding carboxylic acids is 2. The Morgan fingerprint density at radius 1 is 1.28 bits per heavy atom. The SMILES string of the molecule is CCN(CC)S(=O)(=O)c1ccc(F)c(C(=O)OCC(=O)NC2CC2)c1. The summed E-state index contributed by atoms with van der Waals surface area (Å²) >= 11 is 0.